The van der Waals surface area contributed by atoms with Crippen LogP contribution in [0.3, 0.4) is 0 Å². The quantitative estimate of drug-likeness (QED) is 0.372. The molecule has 5 rings (SSSR count). The molecular weight excluding hydrogens is 449 g/mol. The molecule has 11 heteroatoms. The van der Waals surface area contributed by atoms with Crippen molar-refractivity contribution in [2.24, 2.45) is 5.92 Å². The average molecular weight is 476 g/mol. The Morgan fingerprint density at radius 3 is 2.63 bits per heavy atom. The summed E-state index contributed by atoms with van der Waals surface area (Å²) in [6.07, 6.45) is 6.88. The highest BCUT2D eigenvalue weighted by Crippen LogP contribution is 2.42. The maximum absolute atomic E-state index is 13.2. The molecule has 0 aromatic carbocycles. The maximum Gasteiger partial charge on any atom is 0.223 e. The molecule has 4 heterocycles. The lowest BCUT2D eigenvalue weighted by molar-refractivity contribution is -0.128. The van der Waals surface area contributed by atoms with Gasteiger partial charge in [-0.2, -0.15) is 10.2 Å². The third-order valence-electron chi connectivity index (χ3n) is 6.13. The van der Waals surface area contributed by atoms with Crippen LogP contribution < -0.4 is 10.6 Å². The zero-order chi connectivity index (χ0) is 24.5. The highest BCUT2D eigenvalue weighted by Gasteiger charge is 2.37. The van der Waals surface area contributed by atoms with E-state index in [4.69, 9.17) is 4.98 Å². The maximum atomic E-state index is 13.2. The number of aromatic nitrogens is 7. The van der Waals surface area contributed by atoms with Gasteiger partial charge in [0.2, 0.25) is 5.91 Å². The van der Waals surface area contributed by atoms with Crippen LogP contribution in [0.4, 0.5) is 16.0 Å². The van der Waals surface area contributed by atoms with E-state index in [1.165, 1.54) is 17.1 Å². The number of hydrogen-bond donors (Lipinski definition) is 3. The lowest BCUT2D eigenvalue weighted by Gasteiger charge is -2.34. The minimum atomic E-state index is -0.448. The summed E-state index contributed by atoms with van der Waals surface area (Å²) in [5.74, 6) is 1.57. The van der Waals surface area contributed by atoms with Crippen molar-refractivity contribution < 1.29 is 9.18 Å². The number of nitrogens with one attached hydrogen (secondary N) is 3. The molecule has 180 valence electrons. The Hall–Kier alpha value is -4.15. The van der Waals surface area contributed by atoms with E-state index in [1.54, 1.807) is 6.20 Å². The van der Waals surface area contributed by atoms with Crippen molar-refractivity contribution in [1.82, 2.24) is 40.2 Å². The summed E-state index contributed by atoms with van der Waals surface area (Å²) in [4.78, 5) is 26.2. The number of halogens is 1. The van der Waals surface area contributed by atoms with Gasteiger partial charge in [-0.3, -0.25) is 14.9 Å². The fourth-order valence-corrected chi connectivity index (χ4v) is 4.16. The van der Waals surface area contributed by atoms with Crippen LogP contribution in [0.1, 0.15) is 54.4 Å². The Balaban J connectivity index is 1.16. The van der Waals surface area contributed by atoms with Gasteiger partial charge in [-0.1, -0.05) is 0 Å². The summed E-state index contributed by atoms with van der Waals surface area (Å²) in [5.41, 5.74) is 3.67. The van der Waals surface area contributed by atoms with E-state index in [-0.39, 0.29) is 23.8 Å². The van der Waals surface area contributed by atoms with E-state index >= 15 is 0 Å². The van der Waals surface area contributed by atoms with Gasteiger partial charge in [-0.15, -0.1) is 0 Å². The number of aromatic amines is 1. The normalized spacial score (nSPS) is 18.1. The zero-order valence-electron chi connectivity index (χ0n) is 19.7. The minimum Gasteiger partial charge on any atom is -0.348 e. The van der Waals surface area contributed by atoms with E-state index in [9.17, 15) is 9.18 Å². The Morgan fingerprint density at radius 1 is 1.14 bits per heavy atom. The summed E-state index contributed by atoms with van der Waals surface area (Å²) >= 11 is 0. The molecule has 35 heavy (non-hydrogen) atoms. The lowest BCUT2D eigenvalue weighted by Crippen LogP contribution is -2.39. The van der Waals surface area contributed by atoms with Gasteiger partial charge in [0.05, 0.1) is 36.5 Å². The van der Waals surface area contributed by atoms with Crippen LogP contribution in [0, 0.1) is 25.6 Å². The van der Waals surface area contributed by atoms with Gasteiger partial charge in [-0.05, 0) is 51.3 Å². The first-order chi connectivity index (χ1) is 16.8. The molecule has 0 bridgehead atoms. The number of nitrogens with zero attached hydrogens (tertiary/aromatic N) is 6. The fraction of sp³-hybridized carbons (Fsp3) is 0.333. The lowest BCUT2D eigenvalue weighted by atomic mass is 9.72. The number of pyridine rings is 1. The highest BCUT2D eigenvalue weighted by atomic mass is 19.1. The SMILES string of the molecule is Cc1cc(Nc2cc(C)[nH]n2)nc(C2CC(C(=O)N[C@H](C)c3cnc(-n4cc(F)cn4)cn3)C2)c1. The van der Waals surface area contributed by atoms with Crippen LogP contribution in [0.5, 0.6) is 0 Å². The second-order valence-corrected chi connectivity index (χ2v) is 9.01. The molecule has 0 unspecified atom stereocenters. The van der Waals surface area contributed by atoms with E-state index < -0.39 is 5.82 Å². The number of rotatable bonds is 7. The van der Waals surface area contributed by atoms with Crippen LogP contribution in [0.25, 0.3) is 5.82 Å². The summed E-state index contributed by atoms with van der Waals surface area (Å²) < 4.78 is 14.5. The van der Waals surface area contributed by atoms with Crippen molar-refractivity contribution in [2.75, 3.05) is 5.32 Å². The van der Waals surface area contributed by atoms with Gasteiger partial charge in [0.15, 0.2) is 17.5 Å². The van der Waals surface area contributed by atoms with Crippen molar-refractivity contribution >= 4 is 17.5 Å². The predicted molar refractivity (Wildman–Crippen MR) is 127 cm³/mol. The summed E-state index contributed by atoms with van der Waals surface area (Å²) in [5, 5.41) is 17.2. The zero-order valence-corrected chi connectivity index (χ0v) is 19.7. The molecule has 1 aliphatic rings. The first-order valence-electron chi connectivity index (χ1n) is 11.4. The molecule has 1 fully saturated rings. The smallest absolute Gasteiger partial charge is 0.223 e. The molecule has 3 N–H and O–H groups in total. The van der Waals surface area contributed by atoms with Crippen molar-refractivity contribution in [2.45, 2.75) is 45.6 Å². The number of aryl methyl sites for hydroxylation is 2. The number of H-pyrrole nitrogens is 1. The molecule has 1 aliphatic carbocycles. The molecule has 1 amide bonds. The number of anilines is 2. The highest BCUT2D eigenvalue weighted by molar-refractivity contribution is 5.80. The third-order valence-corrected chi connectivity index (χ3v) is 6.13. The van der Waals surface area contributed by atoms with Gasteiger partial charge in [0.25, 0.3) is 0 Å². The molecular formula is C24H26FN9O. The number of hydrogen-bond acceptors (Lipinski definition) is 7. The van der Waals surface area contributed by atoms with Gasteiger partial charge in [-0.25, -0.2) is 19.0 Å². The van der Waals surface area contributed by atoms with E-state index in [0.29, 0.717) is 11.5 Å². The largest absolute Gasteiger partial charge is 0.348 e. The Kier molecular flexibility index (Phi) is 5.98. The molecule has 1 atom stereocenters. The second kappa shape index (κ2) is 9.24. The Labute approximate surface area is 201 Å². The molecule has 0 radical (unpaired) electrons. The minimum absolute atomic E-state index is 0.00762. The van der Waals surface area contributed by atoms with Crippen molar-refractivity contribution in [3.63, 3.8) is 0 Å². The first-order valence-corrected chi connectivity index (χ1v) is 11.4. The Bertz CT molecular complexity index is 1340. The monoisotopic (exact) mass is 475 g/mol. The number of amides is 1. The van der Waals surface area contributed by atoms with Crippen molar-refractivity contribution in [3.05, 3.63) is 71.4 Å². The molecule has 4 aromatic heterocycles. The summed E-state index contributed by atoms with van der Waals surface area (Å²) in [6, 6.07) is 5.67. The summed E-state index contributed by atoms with van der Waals surface area (Å²) in [7, 11) is 0. The van der Waals surface area contributed by atoms with Crippen LogP contribution >= 0.6 is 0 Å². The fourth-order valence-electron chi connectivity index (χ4n) is 4.16. The molecule has 1 saturated carbocycles. The van der Waals surface area contributed by atoms with E-state index in [2.05, 4.69) is 42.0 Å². The van der Waals surface area contributed by atoms with Gasteiger partial charge in [0, 0.05) is 29.3 Å². The van der Waals surface area contributed by atoms with E-state index in [1.807, 2.05) is 32.9 Å². The molecule has 0 aliphatic heterocycles. The molecule has 0 spiro atoms. The standard InChI is InChI=1S/C24H26FN9O/c1-13-4-19(30-21(5-13)31-22-6-14(2)32-33-22)16-7-17(8-16)24(35)29-15(3)20-10-27-23(11-26-20)34-12-18(25)9-28-34/h4-6,9-12,15-17H,7-8H2,1-3H3,(H,29,35)(H2,30,31,32,33)/t15-,16?,17?/m1/s1. The van der Waals surface area contributed by atoms with Gasteiger partial charge >= 0.3 is 0 Å². The third kappa shape index (κ3) is 5.03. The predicted octanol–water partition coefficient (Wildman–Crippen LogP) is 3.65. The van der Waals surface area contributed by atoms with Crippen LogP contribution in [-0.2, 0) is 4.79 Å². The topological polar surface area (TPSA) is 126 Å². The summed E-state index contributed by atoms with van der Waals surface area (Å²) in [6.45, 7) is 5.84. The van der Waals surface area contributed by atoms with Crippen LogP contribution in [0.15, 0.2) is 43.0 Å². The number of carbonyl (C=O) groups is 1. The Morgan fingerprint density at radius 2 is 1.97 bits per heavy atom. The van der Waals surface area contributed by atoms with Gasteiger partial charge < -0.3 is 10.6 Å². The van der Waals surface area contributed by atoms with E-state index in [0.717, 1.165) is 47.6 Å². The number of carbonyl (C=O) groups excluding carboxylic acids is 1. The molecule has 0 saturated heterocycles. The first kappa shape index (κ1) is 22.6. The van der Waals surface area contributed by atoms with Crippen molar-refractivity contribution in [1.29, 1.82) is 0 Å². The van der Waals surface area contributed by atoms with Gasteiger partial charge in [0.1, 0.15) is 5.82 Å². The van der Waals surface area contributed by atoms with Crippen LogP contribution in [-0.4, -0.2) is 40.8 Å². The van der Waals surface area contributed by atoms with Crippen molar-refractivity contribution in [3.8, 4) is 5.82 Å². The molecule has 10 nitrogen and oxygen atoms in total. The second-order valence-electron chi connectivity index (χ2n) is 9.01. The van der Waals surface area contributed by atoms with Crippen LogP contribution in [0.2, 0.25) is 0 Å². The average Bonchev–Trinajstić information content (AvgIpc) is 3.40. The molecule has 4 aromatic rings.